The van der Waals surface area contributed by atoms with Crippen molar-refractivity contribution in [2.75, 3.05) is 0 Å². The molecule has 3 aromatic rings. The van der Waals surface area contributed by atoms with Crippen LogP contribution in [0.4, 0.5) is 13.2 Å². The predicted octanol–water partition coefficient (Wildman–Crippen LogP) is 6.85. The SMILES string of the molecule is CCC[C@@H](CC(C)=O)[C@@H](C)Oc1cc(-c2ccc(C(F)(F)F)nc2)cc2nc(C)sc12. The van der Waals surface area contributed by atoms with Crippen molar-refractivity contribution < 1.29 is 22.7 Å². The van der Waals surface area contributed by atoms with Gasteiger partial charge in [0.1, 0.15) is 17.2 Å². The highest BCUT2D eigenvalue weighted by molar-refractivity contribution is 7.18. The van der Waals surface area contributed by atoms with Crippen LogP contribution in [0.15, 0.2) is 30.5 Å². The van der Waals surface area contributed by atoms with E-state index in [1.54, 1.807) is 6.92 Å². The highest BCUT2D eigenvalue weighted by atomic mass is 32.1. The zero-order valence-electron chi connectivity index (χ0n) is 17.9. The van der Waals surface area contributed by atoms with E-state index in [0.717, 1.165) is 34.1 Å². The van der Waals surface area contributed by atoms with E-state index >= 15 is 0 Å². The van der Waals surface area contributed by atoms with Crippen LogP contribution >= 0.6 is 11.3 Å². The summed E-state index contributed by atoms with van der Waals surface area (Å²) in [6.07, 6.45) is -1.21. The molecule has 166 valence electrons. The molecule has 0 bridgehead atoms. The van der Waals surface area contributed by atoms with E-state index in [1.165, 1.54) is 23.6 Å². The number of fused-ring (bicyclic) bond motifs is 1. The molecular weight excluding hydrogens is 425 g/mol. The van der Waals surface area contributed by atoms with Gasteiger partial charge in [0.25, 0.3) is 0 Å². The quantitative estimate of drug-likeness (QED) is 0.377. The van der Waals surface area contributed by atoms with Crippen molar-refractivity contribution >= 4 is 27.3 Å². The molecule has 8 heteroatoms. The topological polar surface area (TPSA) is 52.1 Å². The highest BCUT2D eigenvalue weighted by Gasteiger charge is 2.32. The average Bonchev–Trinajstić information content (AvgIpc) is 3.07. The zero-order chi connectivity index (χ0) is 22.8. The van der Waals surface area contributed by atoms with Gasteiger partial charge in [-0.15, -0.1) is 11.3 Å². The molecule has 0 aliphatic heterocycles. The number of benzene rings is 1. The number of ether oxygens (including phenoxy) is 1. The van der Waals surface area contributed by atoms with Gasteiger partial charge in [0.15, 0.2) is 0 Å². The second-order valence-corrected chi connectivity index (χ2v) is 8.97. The lowest BCUT2D eigenvalue weighted by Crippen LogP contribution is -2.25. The Morgan fingerprint density at radius 2 is 1.97 bits per heavy atom. The first-order valence-electron chi connectivity index (χ1n) is 10.2. The van der Waals surface area contributed by atoms with E-state index in [0.29, 0.717) is 23.3 Å². The zero-order valence-corrected chi connectivity index (χ0v) is 18.7. The van der Waals surface area contributed by atoms with Crippen LogP contribution in [0.3, 0.4) is 0 Å². The van der Waals surface area contributed by atoms with Crippen LogP contribution in [-0.2, 0) is 11.0 Å². The van der Waals surface area contributed by atoms with Crippen molar-refractivity contribution in [2.45, 2.75) is 59.2 Å². The van der Waals surface area contributed by atoms with Crippen LogP contribution in [0.1, 0.15) is 50.7 Å². The Balaban J connectivity index is 1.98. The molecule has 31 heavy (non-hydrogen) atoms. The maximum absolute atomic E-state index is 12.9. The third-order valence-electron chi connectivity index (χ3n) is 5.14. The lowest BCUT2D eigenvalue weighted by molar-refractivity contribution is -0.141. The number of rotatable bonds is 8. The summed E-state index contributed by atoms with van der Waals surface area (Å²) < 4.78 is 45.8. The smallest absolute Gasteiger partial charge is 0.433 e. The number of pyridine rings is 1. The van der Waals surface area contributed by atoms with Crippen molar-refractivity contribution in [1.29, 1.82) is 0 Å². The molecule has 0 radical (unpaired) electrons. The molecule has 0 fully saturated rings. The first-order valence-corrected chi connectivity index (χ1v) is 11.0. The van der Waals surface area contributed by atoms with E-state index in [-0.39, 0.29) is 17.8 Å². The molecule has 0 amide bonds. The summed E-state index contributed by atoms with van der Waals surface area (Å²) >= 11 is 1.50. The predicted molar refractivity (Wildman–Crippen MR) is 116 cm³/mol. The minimum absolute atomic E-state index is 0.0861. The van der Waals surface area contributed by atoms with Crippen molar-refractivity contribution in [3.8, 4) is 16.9 Å². The molecule has 1 aromatic carbocycles. The summed E-state index contributed by atoms with van der Waals surface area (Å²) in [6.45, 7) is 7.50. The second-order valence-electron chi connectivity index (χ2n) is 7.76. The van der Waals surface area contributed by atoms with E-state index in [2.05, 4.69) is 16.9 Å². The number of nitrogens with zero attached hydrogens (tertiary/aromatic N) is 2. The van der Waals surface area contributed by atoms with Crippen LogP contribution in [0, 0.1) is 12.8 Å². The maximum Gasteiger partial charge on any atom is 0.433 e. The van der Waals surface area contributed by atoms with Gasteiger partial charge >= 0.3 is 6.18 Å². The van der Waals surface area contributed by atoms with Gasteiger partial charge in [-0.05, 0) is 51.0 Å². The number of aryl methyl sites for hydroxylation is 1. The monoisotopic (exact) mass is 450 g/mol. The summed E-state index contributed by atoms with van der Waals surface area (Å²) in [5.74, 6) is 0.829. The maximum atomic E-state index is 12.9. The minimum atomic E-state index is -4.48. The molecule has 2 atom stereocenters. The standard InChI is InChI=1S/C23H25F3N2O2S/c1-5-6-16(9-13(2)29)14(3)30-20-11-18(10-19-22(20)31-15(4)28-19)17-7-8-21(27-12-17)23(24,25)26/h7-8,10-12,14,16H,5-6,9H2,1-4H3/t14-,16+/m1/s1. The third-order valence-corrected chi connectivity index (χ3v) is 6.14. The summed E-state index contributed by atoms with van der Waals surface area (Å²) in [4.78, 5) is 19.8. The summed E-state index contributed by atoms with van der Waals surface area (Å²) in [5.41, 5.74) is 1.02. The number of thiazole rings is 1. The number of Topliss-reactive ketones (excluding diaryl/α,β-unsaturated/α-hetero) is 1. The van der Waals surface area contributed by atoms with Gasteiger partial charge in [-0.25, -0.2) is 4.98 Å². The van der Waals surface area contributed by atoms with Crippen LogP contribution in [0.5, 0.6) is 5.75 Å². The number of hydrogen-bond acceptors (Lipinski definition) is 5. The molecule has 0 aliphatic carbocycles. The van der Waals surface area contributed by atoms with E-state index in [4.69, 9.17) is 4.74 Å². The molecule has 0 unspecified atom stereocenters. The number of carbonyl (C=O) groups is 1. The molecule has 0 spiro atoms. The normalized spacial score (nSPS) is 13.9. The Hall–Kier alpha value is -2.48. The lowest BCUT2D eigenvalue weighted by atomic mass is 9.92. The van der Waals surface area contributed by atoms with Crippen LogP contribution in [-0.4, -0.2) is 21.9 Å². The average molecular weight is 451 g/mol. The van der Waals surface area contributed by atoms with Gasteiger partial charge in [-0.1, -0.05) is 19.4 Å². The van der Waals surface area contributed by atoms with Crippen LogP contribution in [0.25, 0.3) is 21.3 Å². The molecule has 0 aliphatic rings. The number of hydrogen-bond donors (Lipinski definition) is 0. The highest BCUT2D eigenvalue weighted by Crippen LogP contribution is 2.38. The van der Waals surface area contributed by atoms with Gasteiger partial charge in [-0.2, -0.15) is 13.2 Å². The van der Waals surface area contributed by atoms with Crippen LogP contribution < -0.4 is 4.74 Å². The molecular formula is C23H25F3N2O2S. The number of aromatic nitrogens is 2. The fourth-order valence-corrected chi connectivity index (χ4v) is 4.50. The summed E-state index contributed by atoms with van der Waals surface area (Å²) in [6, 6.07) is 6.02. The Morgan fingerprint density at radius 1 is 1.23 bits per heavy atom. The molecule has 0 saturated carbocycles. The van der Waals surface area contributed by atoms with Crippen molar-refractivity contribution in [1.82, 2.24) is 9.97 Å². The van der Waals surface area contributed by atoms with Crippen molar-refractivity contribution in [2.24, 2.45) is 5.92 Å². The second kappa shape index (κ2) is 9.34. The summed E-state index contributed by atoms with van der Waals surface area (Å²) in [5, 5.41) is 0.865. The lowest BCUT2D eigenvalue weighted by Gasteiger charge is -2.24. The molecule has 2 heterocycles. The fraction of sp³-hybridized carbons (Fsp3) is 0.435. The van der Waals surface area contributed by atoms with Gasteiger partial charge in [-0.3, -0.25) is 4.98 Å². The van der Waals surface area contributed by atoms with Crippen molar-refractivity contribution in [3.05, 3.63) is 41.2 Å². The molecule has 0 N–H and O–H groups in total. The number of ketones is 1. The van der Waals surface area contributed by atoms with Gasteiger partial charge in [0, 0.05) is 24.1 Å². The Labute approximate surface area is 183 Å². The van der Waals surface area contributed by atoms with E-state index < -0.39 is 11.9 Å². The Morgan fingerprint density at radius 3 is 2.55 bits per heavy atom. The van der Waals surface area contributed by atoms with E-state index in [1.807, 2.05) is 26.0 Å². The first kappa shape index (κ1) is 23.2. The summed E-state index contributed by atoms with van der Waals surface area (Å²) in [7, 11) is 0. The molecule has 4 nitrogen and oxygen atoms in total. The largest absolute Gasteiger partial charge is 0.489 e. The van der Waals surface area contributed by atoms with Gasteiger partial charge < -0.3 is 9.53 Å². The number of carbonyl (C=O) groups excluding carboxylic acids is 1. The van der Waals surface area contributed by atoms with Crippen LogP contribution in [0.2, 0.25) is 0 Å². The van der Waals surface area contributed by atoms with Gasteiger partial charge in [0.05, 0.1) is 21.3 Å². The number of halogens is 3. The number of alkyl halides is 3. The van der Waals surface area contributed by atoms with Gasteiger partial charge in [0.2, 0.25) is 0 Å². The van der Waals surface area contributed by atoms with E-state index in [9.17, 15) is 18.0 Å². The Bertz CT molecular complexity index is 1060. The molecule has 2 aromatic heterocycles. The minimum Gasteiger partial charge on any atom is -0.489 e. The Kier molecular flexibility index (Phi) is 6.99. The first-order chi connectivity index (χ1) is 14.6. The third kappa shape index (κ3) is 5.61. The fourth-order valence-electron chi connectivity index (χ4n) is 3.64. The molecule has 3 rings (SSSR count). The van der Waals surface area contributed by atoms with Crippen molar-refractivity contribution in [3.63, 3.8) is 0 Å². The molecule has 0 saturated heterocycles.